The number of rotatable bonds is 8. The van der Waals surface area contributed by atoms with Crippen molar-refractivity contribution in [2.24, 2.45) is 34.3 Å². The molecule has 2 saturated carbocycles. The number of ketones is 1. The standard InChI is InChI=1S/C20H24FNO7S/c1-3-19-14(15(19)17(24)25)16(30(28,29)12-8-6-5-7-10(12)21)13(11(23)9-22)20(19,4-2)18(26)27/h5-8,13-16H,3-4,9,22H2,1-2H3,(H,24,25)(H,26,27). The van der Waals surface area contributed by atoms with Crippen molar-refractivity contribution in [2.75, 3.05) is 6.54 Å². The third-order valence-corrected chi connectivity index (χ3v) is 9.51. The van der Waals surface area contributed by atoms with Gasteiger partial charge in [0.1, 0.15) is 10.7 Å². The summed E-state index contributed by atoms with van der Waals surface area (Å²) < 4.78 is 41.5. The minimum absolute atomic E-state index is 0.0480. The van der Waals surface area contributed by atoms with Crippen LogP contribution in [-0.4, -0.2) is 48.1 Å². The molecule has 0 saturated heterocycles. The van der Waals surface area contributed by atoms with Crippen LogP contribution in [0.1, 0.15) is 26.7 Å². The number of carboxylic acids is 2. The van der Waals surface area contributed by atoms with Crippen molar-refractivity contribution in [3.8, 4) is 0 Å². The van der Waals surface area contributed by atoms with Crippen molar-refractivity contribution in [1.29, 1.82) is 0 Å². The van der Waals surface area contributed by atoms with Gasteiger partial charge < -0.3 is 15.9 Å². The summed E-state index contributed by atoms with van der Waals surface area (Å²) in [4.78, 5) is 36.8. The summed E-state index contributed by atoms with van der Waals surface area (Å²) in [5.74, 6) is -8.57. The number of hydrogen-bond donors (Lipinski definition) is 3. The Morgan fingerprint density at radius 3 is 2.13 bits per heavy atom. The molecule has 0 heterocycles. The number of sulfone groups is 1. The van der Waals surface area contributed by atoms with E-state index in [2.05, 4.69) is 0 Å². The van der Waals surface area contributed by atoms with Gasteiger partial charge in [0.15, 0.2) is 15.6 Å². The zero-order chi connectivity index (χ0) is 22.6. The van der Waals surface area contributed by atoms with Gasteiger partial charge in [-0.2, -0.15) is 0 Å². The number of hydrogen-bond acceptors (Lipinski definition) is 6. The highest BCUT2D eigenvalue weighted by molar-refractivity contribution is 7.92. The van der Waals surface area contributed by atoms with Crippen LogP contribution in [0.3, 0.4) is 0 Å². The first-order chi connectivity index (χ1) is 14.0. The fourth-order valence-corrected chi connectivity index (χ4v) is 8.69. The van der Waals surface area contributed by atoms with Crippen LogP contribution in [0.2, 0.25) is 0 Å². The predicted octanol–water partition coefficient (Wildman–Crippen LogP) is 1.33. The highest BCUT2D eigenvalue weighted by atomic mass is 32.2. The van der Waals surface area contributed by atoms with Gasteiger partial charge in [-0.25, -0.2) is 12.8 Å². The Balaban J connectivity index is 2.36. The van der Waals surface area contributed by atoms with Gasteiger partial charge in [0, 0.05) is 5.41 Å². The van der Waals surface area contributed by atoms with Gasteiger partial charge in [0.25, 0.3) is 0 Å². The highest BCUT2D eigenvalue weighted by Gasteiger charge is 2.89. The first-order valence-corrected chi connectivity index (χ1v) is 11.2. The topological polar surface area (TPSA) is 152 Å². The van der Waals surface area contributed by atoms with Gasteiger partial charge in [-0.1, -0.05) is 26.0 Å². The Labute approximate surface area is 173 Å². The summed E-state index contributed by atoms with van der Waals surface area (Å²) in [5, 5.41) is 18.3. The maximum atomic E-state index is 14.4. The van der Waals surface area contributed by atoms with E-state index in [1.807, 2.05) is 0 Å². The molecule has 2 aliphatic rings. The van der Waals surface area contributed by atoms with E-state index in [4.69, 9.17) is 5.73 Å². The van der Waals surface area contributed by atoms with Gasteiger partial charge in [-0.3, -0.25) is 14.4 Å². The molecular weight excluding hydrogens is 417 g/mol. The third kappa shape index (κ3) is 2.46. The van der Waals surface area contributed by atoms with Gasteiger partial charge in [-0.15, -0.1) is 0 Å². The fraction of sp³-hybridized carbons (Fsp3) is 0.550. The number of carbonyl (C=O) groups excluding carboxylic acids is 1. The minimum atomic E-state index is -4.59. The molecule has 2 fully saturated rings. The van der Waals surface area contributed by atoms with Crippen LogP contribution in [0, 0.1) is 34.4 Å². The minimum Gasteiger partial charge on any atom is -0.481 e. The predicted molar refractivity (Wildman–Crippen MR) is 103 cm³/mol. The van der Waals surface area contributed by atoms with E-state index in [1.54, 1.807) is 6.92 Å². The Morgan fingerprint density at radius 2 is 1.70 bits per heavy atom. The lowest BCUT2D eigenvalue weighted by Crippen LogP contribution is -2.53. The molecule has 6 unspecified atom stereocenters. The number of fused-ring (bicyclic) bond motifs is 1. The second-order valence-electron chi connectivity index (χ2n) is 7.95. The molecular formula is C20H24FNO7S. The quantitative estimate of drug-likeness (QED) is 0.546. The van der Waals surface area contributed by atoms with Crippen LogP contribution < -0.4 is 5.73 Å². The van der Waals surface area contributed by atoms with Crippen molar-refractivity contribution in [2.45, 2.75) is 36.8 Å². The van der Waals surface area contributed by atoms with Gasteiger partial charge in [-0.05, 0) is 30.9 Å². The first kappa shape index (κ1) is 22.4. The van der Waals surface area contributed by atoms with E-state index >= 15 is 0 Å². The second kappa shape index (κ2) is 7.12. The van der Waals surface area contributed by atoms with Crippen molar-refractivity contribution < 1.29 is 37.4 Å². The van der Waals surface area contributed by atoms with E-state index in [-0.39, 0.29) is 12.8 Å². The Bertz CT molecular complexity index is 1030. The molecule has 164 valence electrons. The summed E-state index contributed by atoms with van der Waals surface area (Å²) in [6.07, 6.45) is -0.109. The lowest BCUT2D eigenvalue weighted by Gasteiger charge is -2.40. The number of benzene rings is 1. The molecule has 8 nitrogen and oxygen atoms in total. The number of carbonyl (C=O) groups is 3. The van der Waals surface area contributed by atoms with Crippen LogP contribution in [-0.2, 0) is 24.2 Å². The maximum Gasteiger partial charge on any atom is 0.311 e. The van der Waals surface area contributed by atoms with Crippen LogP contribution in [0.5, 0.6) is 0 Å². The van der Waals surface area contributed by atoms with E-state index < -0.39 is 78.7 Å². The third-order valence-electron chi connectivity index (χ3n) is 7.28. The summed E-state index contributed by atoms with van der Waals surface area (Å²) in [6, 6.07) is 4.59. The molecule has 0 aliphatic heterocycles. The van der Waals surface area contributed by atoms with E-state index in [0.29, 0.717) is 0 Å². The normalized spacial score (nSPS) is 34.9. The lowest BCUT2D eigenvalue weighted by atomic mass is 9.62. The molecule has 0 bridgehead atoms. The summed E-state index contributed by atoms with van der Waals surface area (Å²) in [6.45, 7) is 2.48. The molecule has 0 spiro atoms. The average Bonchev–Trinajstić information content (AvgIpc) is 3.29. The first-order valence-electron chi connectivity index (χ1n) is 9.68. The monoisotopic (exact) mass is 441 g/mol. The molecule has 4 N–H and O–H groups in total. The van der Waals surface area contributed by atoms with E-state index in [9.17, 15) is 37.4 Å². The molecule has 6 atom stereocenters. The summed E-state index contributed by atoms with van der Waals surface area (Å²) >= 11 is 0. The van der Waals surface area contributed by atoms with Gasteiger partial charge in [0.2, 0.25) is 0 Å². The van der Waals surface area contributed by atoms with Crippen molar-refractivity contribution in [1.82, 2.24) is 0 Å². The number of halogens is 1. The molecule has 30 heavy (non-hydrogen) atoms. The van der Waals surface area contributed by atoms with Crippen molar-refractivity contribution >= 4 is 27.6 Å². The zero-order valence-electron chi connectivity index (χ0n) is 16.5. The smallest absolute Gasteiger partial charge is 0.311 e. The van der Waals surface area contributed by atoms with Crippen LogP contribution in [0.25, 0.3) is 0 Å². The largest absolute Gasteiger partial charge is 0.481 e. The summed E-state index contributed by atoms with van der Waals surface area (Å²) in [7, 11) is -4.59. The van der Waals surface area contributed by atoms with Gasteiger partial charge >= 0.3 is 11.9 Å². The number of nitrogens with two attached hydrogens (primary N) is 1. The number of carboxylic acid groups (broad SMARTS) is 2. The molecule has 10 heteroatoms. The summed E-state index contributed by atoms with van der Waals surface area (Å²) in [5.41, 5.74) is 2.13. The van der Waals surface area contributed by atoms with Crippen LogP contribution in [0.4, 0.5) is 4.39 Å². The Hall–Kier alpha value is -2.33. The molecule has 0 aromatic heterocycles. The van der Waals surface area contributed by atoms with Gasteiger partial charge in [0.05, 0.1) is 29.0 Å². The van der Waals surface area contributed by atoms with E-state index in [0.717, 1.165) is 12.1 Å². The molecule has 1 aromatic rings. The molecule has 0 radical (unpaired) electrons. The molecule has 2 aliphatic carbocycles. The van der Waals surface area contributed by atoms with Crippen molar-refractivity contribution in [3.05, 3.63) is 30.1 Å². The van der Waals surface area contributed by atoms with E-state index in [1.165, 1.54) is 19.1 Å². The fourth-order valence-electron chi connectivity index (χ4n) is 6.26. The molecule has 1 aromatic carbocycles. The Morgan fingerprint density at radius 1 is 1.10 bits per heavy atom. The highest BCUT2D eigenvalue weighted by Crippen LogP contribution is 2.81. The van der Waals surface area contributed by atoms with Crippen LogP contribution in [0.15, 0.2) is 29.2 Å². The number of aliphatic carboxylic acids is 2. The SMILES string of the molecule is CCC1(C(=O)O)C(C(=O)CN)C(S(=O)(=O)c2ccccc2F)C2C(C(=O)O)C21CC. The second-order valence-corrected chi connectivity index (χ2v) is 10.0. The molecule has 0 amide bonds. The number of Topliss-reactive ketones (excluding diaryl/α,β-unsaturated/α-hetero) is 1. The lowest BCUT2D eigenvalue weighted by molar-refractivity contribution is -0.163. The van der Waals surface area contributed by atoms with Crippen LogP contribution >= 0.6 is 0 Å². The zero-order valence-corrected chi connectivity index (χ0v) is 17.4. The molecule has 3 rings (SSSR count). The Kier molecular flexibility index (Phi) is 5.31. The van der Waals surface area contributed by atoms with Crippen molar-refractivity contribution in [3.63, 3.8) is 0 Å². The maximum absolute atomic E-state index is 14.4. The average molecular weight is 441 g/mol.